The van der Waals surface area contributed by atoms with Gasteiger partial charge in [0.1, 0.15) is 6.29 Å². The van der Waals surface area contributed by atoms with Crippen LogP contribution < -0.4 is 11.1 Å². The summed E-state index contributed by atoms with van der Waals surface area (Å²) in [5.74, 6) is -1.21. The number of rotatable bonds is 6. The third kappa shape index (κ3) is 3.53. The Hall–Kier alpha value is -2.17. The fraction of sp³-hybridized carbons (Fsp3) is 0.471. The van der Waals surface area contributed by atoms with E-state index in [1.807, 2.05) is 26.0 Å². The van der Waals surface area contributed by atoms with Crippen LogP contribution in [0.15, 0.2) is 18.2 Å². The number of anilines is 1. The number of nitrogens with two attached hydrogens (primary N) is 1. The fourth-order valence-electron chi connectivity index (χ4n) is 2.93. The molecule has 1 aromatic carbocycles. The van der Waals surface area contributed by atoms with Gasteiger partial charge in [-0.05, 0) is 42.4 Å². The molecule has 0 radical (unpaired) electrons. The first-order chi connectivity index (χ1) is 10.4. The number of fused-ring (bicyclic) bond motifs is 1. The molecular weight excluding hydrogens is 280 g/mol. The highest BCUT2D eigenvalue weighted by atomic mass is 16.2. The largest absolute Gasteiger partial charge is 0.369 e. The minimum atomic E-state index is -0.649. The molecule has 3 N–H and O–H groups in total. The maximum atomic E-state index is 12.3. The van der Waals surface area contributed by atoms with Gasteiger partial charge in [0.15, 0.2) is 0 Å². The molecule has 2 rings (SSSR count). The molecule has 0 saturated heterocycles. The molecular formula is C17H22N2O3. The number of nitrogens with one attached hydrogen (secondary N) is 1. The van der Waals surface area contributed by atoms with Crippen molar-refractivity contribution in [1.29, 1.82) is 0 Å². The van der Waals surface area contributed by atoms with E-state index in [2.05, 4.69) is 5.32 Å². The lowest BCUT2D eigenvalue weighted by atomic mass is 9.97. The summed E-state index contributed by atoms with van der Waals surface area (Å²) < 4.78 is 0. The van der Waals surface area contributed by atoms with Crippen LogP contribution in [0.2, 0.25) is 0 Å². The van der Waals surface area contributed by atoms with E-state index < -0.39 is 5.92 Å². The first kappa shape index (κ1) is 16.2. The number of benzene rings is 1. The van der Waals surface area contributed by atoms with Crippen molar-refractivity contribution in [2.24, 2.45) is 23.5 Å². The zero-order valence-corrected chi connectivity index (χ0v) is 13.0. The number of primary amides is 1. The Bertz CT molecular complexity index is 596. The second-order valence-electron chi connectivity index (χ2n) is 6.31. The second kappa shape index (κ2) is 6.73. The Morgan fingerprint density at radius 1 is 1.36 bits per heavy atom. The monoisotopic (exact) mass is 302 g/mol. The third-order valence-corrected chi connectivity index (χ3v) is 4.08. The minimum Gasteiger partial charge on any atom is -0.369 e. The van der Waals surface area contributed by atoms with Gasteiger partial charge >= 0.3 is 0 Å². The highest BCUT2D eigenvalue weighted by Gasteiger charge is 2.28. The molecule has 5 heteroatoms. The maximum absolute atomic E-state index is 12.3. The van der Waals surface area contributed by atoms with Gasteiger partial charge in [0.25, 0.3) is 0 Å². The van der Waals surface area contributed by atoms with Crippen molar-refractivity contribution in [3.63, 3.8) is 0 Å². The number of amides is 2. The van der Waals surface area contributed by atoms with Gasteiger partial charge < -0.3 is 15.8 Å². The fourth-order valence-corrected chi connectivity index (χ4v) is 2.93. The zero-order chi connectivity index (χ0) is 16.3. The molecule has 118 valence electrons. The first-order valence-corrected chi connectivity index (χ1v) is 7.58. The van der Waals surface area contributed by atoms with Gasteiger partial charge in [0.2, 0.25) is 11.8 Å². The summed E-state index contributed by atoms with van der Waals surface area (Å²) in [6, 6.07) is 5.59. The summed E-state index contributed by atoms with van der Waals surface area (Å²) in [5, 5.41) is 2.84. The van der Waals surface area contributed by atoms with Crippen LogP contribution >= 0.6 is 0 Å². The summed E-state index contributed by atoms with van der Waals surface area (Å²) in [6.07, 6.45) is 2.37. The van der Waals surface area contributed by atoms with Crippen molar-refractivity contribution in [2.45, 2.75) is 33.1 Å². The van der Waals surface area contributed by atoms with Crippen molar-refractivity contribution < 1.29 is 14.4 Å². The molecule has 5 nitrogen and oxygen atoms in total. The molecule has 1 aliphatic rings. The summed E-state index contributed by atoms with van der Waals surface area (Å²) >= 11 is 0. The van der Waals surface area contributed by atoms with Crippen LogP contribution in [0.3, 0.4) is 0 Å². The summed E-state index contributed by atoms with van der Waals surface area (Å²) in [6.45, 7) is 3.95. The molecule has 0 saturated carbocycles. The van der Waals surface area contributed by atoms with Crippen LogP contribution in [-0.2, 0) is 27.2 Å². The molecule has 0 heterocycles. The smallest absolute Gasteiger partial charge is 0.234 e. The average molecular weight is 302 g/mol. The molecule has 2 unspecified atom stereocenters. The van der Waals surface area contributed by atoms with Gasteiger partial charge in [-0.1, -0.05) is 26.0 Å². The van der Waals surface area contributed by atoms with E-state index >= 15 is 0 Å². The van der Waals surface area contributed by atoms with E-state index in [0.29, 0.717) is 31.2 Å². The Morgan fingerprint density at radius 3 is 2.68 bits per heavy atom. The van der Waals surface area contributed by atoms with E-state index in [1.165, 1.54) is 0 Å². The third-order valence-electron chi connectivity index (χ3n) is 4.08. The highest BCUT2D eigenvalue weighted by molar-refractivity contribution is 6.01. The van der Waals surface area contributed by atoms with E-state index in [0.717, 1.165) is 11.1 Å². The van der Waals surface area contributed by atoms with E-state index in [9.17, 15) is 14.4 Å². The van der Waals surface area contributed by atoms with Crippen LogP contribution in [0, 0.1) is 17.8 Å². The van der Waals surface area contributed by atoms with Crippen molar-refractivity contribution in [1.82, 2.24) is 0 Å². The van der Waals surface area contributed by atoms with Crippen LogP contribution in [0.25, 0.3) is 0 Å². The molecule has 0 bridgehead atoms. The SMILES string of the molecule is CC(C)CC(C=O)C(=O)Nc1cccc2c1CC(C(N)=O)C2. The van der Waals surface area contributed by atoms with Crippen LogP contribution in [0.5, 0.6) is 0 Å². The Kier molecular flexibility index (Phi) is 4.96. The number of carbonyl (C=O) groups is 3. The predicted octanol–water partition coefficient (Wildman–Crippen LogP) is 1.69. The summed E-state index contributed by atoms with van der Waals surface area (Å²) in [4.78, 5) is 34.8. The quantitative estimate of drug-likeness (QED) is 0.619. The number of hydrogen-bond acceptors (Lipinski definition) is 3. The zero-order valence-electron chi connectivity index (χ0n) is 13.0. The minimum absolute atomic E-state index is 0.217. The second-order valence-corrected chi connectivity index (χ2v) is 6.31. The Morgan fingerprint density at radius 2 is 2.09 bits per heavy atom. The van der Waals surface area contributed by atoms with Gasteiger partial charge in [-0.3, -0.25) is 9.59 Å². The Labute approximate surface area is 130 Å². The lowest BCUT2D eigenvalue weighted by Crippen LogP contribution is -2.26. The molecule has 22 heavy (non-hydrogen) atoms. The topological polar surface area (TPSA) is 89.3 Å². The van der Waals surface area contributed by atoms with Crippen molar-refractivity contribution in [3.8, 4) is 0 Å². The van der Waals surface area contributed by atoms with Crippen molar-refractivity contribution in [2.75, 3.05) is 5.32 Å². The molecule has 0 aliphatic heterocycles. The van der Waals surface area contributed by atoms with Crippen LogP contribution in [0.4, 0.5) is 5.69 Å². The van der Waals surface area contributed by atoms with Gasteiger partial charge in [0, 0.05) is 11.6 Å². The molecule has 2 atom stereocenters. The van der Waals surface area contributed by atoms with Gasteiger partial charge in [-0.2, -0.15) is 0 Å². The molecule has 0 spiro atoms. The lowest BCUT2D eigenvalue weighted by molar-refractivity contribution is -0.125. The number of hydrogen-bond donors (Lipinski definition) is 2. The van der Waals surface area contributed by atoms with E-state index in [1.54, 1.807) is 6.07 Å². The summed E-state index contributed by atoms with van der Waals surface area (Å²) in [7, 11) is 0. The van der Waals surface area contributed by atoms with Gasteiger partial charge in [-0.25, -0.2) is 0 Å². The van der Waals surface area contributed by atoms with Gasteiger partial charge in [-0.15, -0.1) is 0 Å². The molecule has 0 aromatic heterocycles. The van der Waals surface area contributed by atoms with Crippen molar-refractivity contribution >= 4 is 23.8 Å². The number of carbonyl (C=O) groups excluding carboxylic acids is 3. The maximum Gasteiger partial charge on any atom is 0.234 e. The summed E-state index contributed by atoms with van der Waals surface area (Å²) in [5.41, 5.74) is 8.05. The first-order valence-electron chi connectivity index (χ1n) is 7.58. The highest BCUT2D eigenvalue weighted by Crippen LogP contribution is 2.32. The average Bonchev–Trinajstić information content (AvgIpc) is 2.89. The van der Waals surface area contributed by atoms with Gasteiger partial charge in [0.05, 0.1) is 5.92 Å². The normalized spacial score (nSPS) is 17.9. The predicted molar refractivity (Wildman–Crippen MR) is 84.2 cm³/mol. The standard InChI is InChI=1S/C17H22N2O3/c1-10(2)6-13(9-20)17(22)19-15-5-3-4-11-7-12(16(18)21)8-14(11)15/h3-5,9-10,12-13H,6-8H2,1-2H3,(H2,18,21)(H,19,22). The molecule has 1 aromatic rings. The molecule has 2 amide bonds. The van der Waals surface area contributed by atoms with Crippen molar-refractivity contribution in [3.05, 3.63) is 29.3 Å². The van der Waals surface area contributed by atoms with Crippen LogP contribution in [-0.4, -0.2) is 18.1 Å². The Balaban J connectivity index is 2.15. The van der Waals surface area contributed by atoms with Crippen LogP contribution in [0.1, 0.15) is 31.4 Å². The number of aldehydes is 1. The van der Waals surface area contributed by atoms with E-state index in [4.69, 9.17) is 5.73 Å². The van der Waals surface area contributed by atoms with E-state index in [-0.39, 0.29) is 23.7 Å². The molecule has 0 fully saturated rings. The lowest BCUT2D eigenvalue weighted by Gasteiger charge is -2.15. The molecule has 1 aliphatic carbocycles.